The van der Waals surface area contributed by atoms with Crippen LogP contribution in [0.25, 0.3) is 0 Å². The van der Waals surface area contributed by atoms with Gasteiger partial charge in [0.15, 0.2) is 0 Å². The van der Waals surface area contributed by atoms with Crippen LogP contribution in [0.15, 0.2) is 36.4 Å². The molecule has 0 radical (unpaired) electrons. The van der Waals surface area contributed by atoms with Gasteiger partial charge in [-0.2, -0.15) is 0 Å². The lowest BCUT2D eigenvalue weighted by atomic mass is 9.78. The largest absolute Gasteiger partial charge is 0.394 e. The van der Waals surface area contributed by atoms with Gasteiger partial charge in [-0.3, -0.25) is 9.59 Å². The van der Waals surface area contributed by atoms with E-state index in [4.69, 9.17) is 46.4 Å². The summed E-state index contributed by atoms with van der Waals surface area (Å²) in [5.41, 5.74) is 0.431. The van der Waals surface area contributed by atoms with Crippen molar-refractivity contribution in [3.05, 3.63) is 67.6 Å². The number of nitrogens with one attached hydrogen (secondary N) is 1. The molecule has 0 saturated carbocycles. The molecule has 10 heteroatoms. The Hall–Kier alpha value is -1.54. The molecule has 1 saturated heterocycles. The number of piperidine rings is 1. The summed E-state index contributed by atoms with van der Waals surface area (Å²) in [4.78, 5) is 29.7. The van der Waals surface area contributed by atoms with Gasteiger partial charge in [0.25, 0.3) is 0 Å². The third-order valence-corrected chi connectivity index (χ3v) is 8.90. The van der Waals surface area contributed by atoms with Crippen molar-refractivity contribution in [1.82, 2.24) is 15.1 Å². The van der Waals surface area contributed by atoms with Crippen LogP contribution in [0.3, 0.4) is 0 Å². The van der Waals surface area contributed by atoms with Crippen molar-refractivity contribution >= 4 is 58.2 Å². The average molecular weight is 589 g/mol. The molecule has 2 atom stereocenters. The van der Waals surface area contributed by atoms with Gasteiger partial charge in [0, 0.05) is 33.1 Å². The molecule has 2 N–H and O–H groups in total. The van der Waals surface area contributed by atoms with Gasteiger partial charge in [-0.15, -0.1) is 0 Å². The molecule has 1 fully saturated rings. The van der Waals surface area contributed by atoms with Gasteiger partial charge < -0.3 is 20.2 Å². The van der Waals surface area contributed by atoms with Gasteiger partial charge in [0.05, 0.1) is 38.2 Å². The number of aliphatic hydroxyl groups excluding tert-OH is 1. The lowest BCUT2D eigenvalue weighted by molar-refractivity contribution is -0.131. The number of halogens is 4. The maximum Gasteiger partial charge on any atom is 0.230 e. The molecule has 0 bridgehead atoms. The SMILES string of the molecule is CC(=O)N(C)C1CCN(CCC(C)(C(=O)N[C@@H](CO)c2ccc(Cl)c(Cl)c2)c2ccc(Cl)c(Cl)c2)CC1. The summed E-state index contributed by atoms with van der Waals surface area (Å²) in [6.07, 6.45) is 2.29. The molecule has 6 nitrogen and oxygen atoms in total. The quantitative estimate of drug-likeness (QED) is 0.392. The van der Waals surface area contributed by atoms with E-state index in [0.29, 0.717) is 38.6 Å². The number of likely N-dealkylation sites (tertiary alicyclic amines) is 1. The Morgan fingerprint density at radius 1 is 1.05 bits per heavy atom. The van der Waals surface area contributed by atoms with Gasteiger partial charge in [-0.1, -0.05) is 58.5 Å². The number of amides is 2. The summed E-state index contributed by atoms with van der Waals surface area (Å²) in [6.45, 7) is 5.51. The highest BCUT2D eigenvalue weighted by atomic mass is 35.5. The summed E-state index contributed by atoms with van der Waals surface area (Å²) >= 11 is 24.7. The smallest absolute Gasteiger partial charge is 0.230 e. The fourth-order valence-electron chi connectivity index (χ4n) is 4.68. The molecule has 37 heavy (non-hydrogen) atoms. The number of hydrogen-bond donors (Lipinski definition) is 2. The van der Waals surface area contributed by atoms with Crippen LogP contribution in [-0.4, -0.2) is 66.1 Å². The number of carbonyl (C=O) groups excluding carboxylic acids is 2. The maximum absolute atomic E-state index is 13.8. The van der Waals surface area contributed by atoms with Crippen molar-refractivity contribution < 1.29 is 14.7 Å². The van der Waals surface area contributed by atoms with E-state index in [-0.39, 0.29) is 24.5 Å². The van der Waals surface area contributed by atoms with E-state index in [1.165, 1.54) is 0 Å². The zero-order valence-corrected chi connectivity index (χ0v) is 24.3. The topological polar surface area (TPSA) is 72.9 Å². The molecule has 0 aromatic heterocycles. The van der Waals surface area contributed by atoms with Crippen molar-refractivity contribution in [2.45, 2.75) is 50.6 Å². The van der Waals surface area contributed by atoms with Crippen LogP contribution in [0.5, 0.6) is 0 Å². The maximum atomic E-state index is 13.8. The Balaban J connectivity index is 1.79. The minimum absolute atomic E-state index is 0.0720. The summed E-state index contributed by atoms with van der Waals surface area (Å²) in [6, 6.07) is 9.81. The molecule has 2 amide bonds. The fourth-order valence-corrected chi connectivity index (χ4v) is 5.28. The van der Waals surface area contributed by atoms with Crippen LogP contribution >= 0.6 is 46.4 Å². The predicted octanol–water partition coefficient (Wildman–Crippen LogP) is 5.74. The van der Waals surface area contributed by atoms with E-state index >= 15 is 0 Å². The first kappa shape index (κ1) is 30.0. The fraction of sp³-hybridized carbons (Fsp3) is 0.481. The van der Waals surface area contributed by atoms with E-state index < -0.39 is 11.5 Å². The lowest BCUT2D eigenvalue weighted by Crippen LogP contribution is -2.48. The second-order valence-electron chi connectivity index (χ2n) is 9.80. The molecule has 202 valence electrons. The first-order valence-electron chi connectivity index (χ1n) is 12.2. The zero-order valence-electron chi connectivity index (χ0n) is 21.2. The molecule has 2 aromatic carbocycles. The van der Waals surface area contributed by atoms with Crippen molar-refractivity contribution in [2.75, 3.05) is 33.3 Å². The summed E-state index contributed by atoms with van der Waals surface area (Å²) in [5, 5.41) is 14.6. The number of rotatable bonds is 9. The number of benzene rings is 2. The Kier molecular flexibility index (Phi) is 10.5. The van der Waals surface area contributed by atoms with Crippen molar-refractivity contribution in [2.24, 2.45) is 0 Å². The Morgan fingerprint density at radius 3 is 2.19 bits per heavy atom. The monoisotopic (exact) mass is 587 g/mol. The van der Waals surface area contributed by atoms with E-state index in [0.717, 1.165) is 31.5 Å². The third-order valence-electron chi connectivity index (χ3n) is 7.42. The van der Waals surface area contributed by atoms with Gasteiger partial charge in [-0.25, -0.2) is 0 Å². The zero-order chi connectivity index (χ0) is 27.3. The molecular formula is C27H33Cl4N3O3. The molecule has 1 aliphatic rings. The Bertz CT molecular complexity index is 1120. The minimum atomic E-state index is -0.953. The first-order valence-corrected chi connectivity index (χ1v) is 13.8. The standard InChI is InChI=1S/C27H33Cl4N3O3/c1-17(36)33(3)20-8-11-34(12-9-20)13-10-27(2,19-5-7-22(29)24(31)15-19)26(37)32-25(16-35)18-4-6-21(28)23(30)14-18/h4-7,14-15,20,25,35H,8-13,16H2,1-3H3,(H,32,37)/t25-,27?/m0/s1. The number of nitrogens with zero attached hydrogens (tertiary/aromatic N) is 2. The molecular weight excluding hydrogens is 556 g/mol. The van der Waals surface area contributed by atoms with Crippen LogP contribution in [-0.2, 0) is 15.0 Å². The van der Waals surface area contributed by atoms with Crippen LogP contribution in [0, 0.1) is 0 Å². The van der Waals surface area contributed by atoms with Crippen LogP contribution in [0.2, 0.25) is 20.1 Å². The second kappa shape index (κ2) is 13.0. The number of carbonyl (C=O) groups is 2. The van der Waals surface area contributed by atoms with Gasteiger partial charge in [-0.05, 0) is 68.1 Å². The minimum Gasteiger partial charge on any atom is -0.394 e. The van der Waals surface area contributed by atoms with Crippen molar-refractivity contribution in [3.8, 4) is 0 Å². The highest BCUT2D eigenvalue weighted by molar-refractivity contribution is 6.42. The van der Waals surface area contributed by atoms with Gasteiger partial charge in [0.1, 0.15) is 0 Å². The number of hydrogen-bond acceptors (Lipinski definition) is 4. The summed E-state index contributed by atoms with van der Waals surface area (Å²) in [7, 11) is 1.85. The summed E-state index contributed by atoms with van der Waals surface area (Å²) < 4.78 is 0. The van der Waals surface area contributed by atoms with Crippen LogP contribution < -0.4 is 5.32 Å². The molecule has 1 aliphatic heterocycles. The summed E-state index contributed by atoms with van der Waals surface area (Å²) in [5.74, 6) is -0.176. The predicted molar refractivity (Wildman–Crippen MR) is 151 cm³/mol. The normalized spacial score (nSPS) is 17.2. The third kappa shape index (κ3) is 7.31. The van der Waals surface area contributed by atoms with Crippen molar-refractivity contribution in [1.29, 1.82) is 0 Å². The first-order chi connectivity index (χ1) is 17.5. The molecule has 0 spiro atoms. The molecule has 3 rings (SSSR count). The average Bonchev–Trinajstić information content (AvgIpc) is 2.88. The number of aliphatic hydroxyl groups is 1. The van der Waals surface area contributed by atoms with E-state index in [1.807, 2.05) is 24.9 Å². The van der Waals surface area contributed by atoms with E-state index in [1.54, 1.807) is 37.3 Å². The lowest BCUT2D eigenvalue weighted by Gasteiger charge is -2.38. The Morgan fingerprint density at radius 2 is 1.65 bits per heavy atom. The van der Waals surface area contributed by atoms with Crippen molar-refractivity contribution in [3.63, 3.8) is 0 Å². The van der Waals surface area contributed by atoms with E-state index in [2.05, 4.69) is 10.2 Å². The molecule has 1 unspecified atom stereocenters. The van der Waals surface area contributed by atoms with Gasteiger partial charge in [0.2, 0.25) is 11.8 Å². The molecule has 0 aliphatic carbocycles. The second-order valence-corrected chi connectivity index (χ2v) is 11.4. The van der Waals surface area contributed by atoms with Crippen LogP contribution in [0.1, 0.15) is 50.3 Å². The van der Waals surface area contributed by atoms with Crippen LogP contribution in [0.4, 0.5) is 0 Å². The van der Waals surface area contributed by atoms with Gasteiger partial charge >= 0.3 is 0 Å². The molecule has 1 heterocycles. The highest BCUT2D eigenvalue weighted by Crippen LogP contribution is 2.35. The molecule has 2 aromatic rings. The van der Waals surface area contributed by atoms with E-state index in [9.17, 15) is 14.7 Å². The Labute approximate surface area is 238 Å². The highest BCUT2D eigenvalue weighted by Gasteiger charge is 2.37.